The number of rotatable bonds is 5. The van der Waals surface area contributed by atoms with E-state index in [-0.39, 0.29) is 17.4 Å². The van der Waals surface area contributed by atoms with Gasteiger partial charge in [-0.05, 0) is 37.6 Å². The van der Waals surface area contributed by atoms with Gasteiger partial charge in [-0.1, -0.05) is 11.6 Å². The van der Waals surface area contributed by atoms with Gasteiger partial charge < -0.3 is 9.64 Å². The van der Waals surface area contributed by atoms with Gasteiger partial charge in [0.2, 0.25) is 11.2 Å². The molecule has 5 nitrogen and oxygen atoms in total. The van der Waals surface area contributed by atoms with Crippen molar-refractivity contribution in [3.05, 3.63) is 26.6 Å². The number of anilines is 1. The summed E-state index contributed by atoms with van der Waals surface area (Å²) in [5, 5.41) is 0.113. The molecule has 0 spiro atoms. The van der Waals surface area contributed by atoms with Gasteiger partial charge >= 0.3 is 6.01 Å². The van der Waals surface area contributed by atoms with E-state index in [1.807, 2.05) is 37.9 Å². The van der Waals surface area contributed by atoms with Crippen LogP contribution in [0.3, 0.4) is 0 Å². The first-order valence-corrected chi connectivity index (χ1v) is 7.55. The first-order valence-electron chi connectivity index (χ1n) is 5.97. The summed E-state index contributed by atoms with van der Waals surface area (Å²) in [4.78, 5) is 15.3. The fourth-order valence-corrected chi connectivity index (χ4v) is 2.79. The third-order valence-electron chi connectivity index (χ3n) is 2.28. The van der Waals surface area contributed by atoms with Crippen molar-refractivity contribution < 1.29 is 4.74 Å². The molecule has 0 saturated carbocycles. The van der Waals surface area contributed by atoms with Crippen molar-refractivity contribution in [1.29, 1.82) is 0 Å². The molecule has 20 heavy (non-hydrogen) atoms. The van der Waals surface area contributed by atoms with Crippen LogP contribution in [0, 0.1) is 0 Å². The summed E-state index contributed by atoms with van der Waals surface area (Å²) in [7, 11) is 1.87. The summed E-state index contributed by atoms with van der Waals surface area (Å²) in [6.07, 6.45) is -0.0253. The highest BCUT2D eigenvalue weighted by Crippen LogP contribution is 2.24. The molecule has 108 valence electrons. The van der Waals surface area contributed by atoms with Crippen LogP contribution in [0.25, 0.3) is 0 Å². The van der Waals surface area contributed by atoms with Gasteiger partial charge in [-0.15, -0.1) is 11.3 Å². The second kappa shape index (κ2) is 6.56. The topological polar surface area (TPSA) is 51.1 Å². The van der Waals surface area contributed by atoms with E-state index in [1.165, 1.54) is 11.3 Å². The van der Waals surface area contributed by atoms with Crippen LogP contribution in [0.4, 0.5) is 5.95 Å². The smallest absolute Gasteiger partial charge is 0.322 e. The molecule has 0 amide bonds. The largest absolute Gasteiger partial charge is 0.461 e. The molecule has 0 aliphatic rings. The van der Waals surface area contributed by atoms with Crippen LogP contribution in [0.15, 0.2) is 12.1 Å². The zero-order chi connectivity index (χ0) is 14.7. The minimum Gasteiger partial charge on any atom is -0.461 e. The minimum atomic E-state index is -0.0253. The Morgan fingerprint density at radius 1 is 1.25 bits per heavy atom. The van der Waals surface area contributed by atoms with E-state index in [2.05, 4.69) is 15.0 Å². The lowest BCUT2D eigenvalue weighted by Crippen LogP contribution is -2.20. The molecular formula is C12H14Cl2N4OS. The molecule has 2 aromatic heterocycles. The molecule has 2 heterocycles. The predicted molar refractivity (Wildman–Crippen MR) is 82.0 cm³/mol. The lowest BCUT2D eigenvalue weighted by Gasteiger charge is -2.17. The second-order valence-electron chi connectivity index (χ2n) is 4.42. The highest BCUT2D eigenvalue weighted by atomic mass is 35.5. The van der Waals surface area contributed by atoms with Crippen LogP contribution in [-0.2, 0) is 6.54 Å². The molecule has 0 unspecified atom stereocenters. The van der Waals surface area contributed by atoms with E-state index in [9.17, 15) is 0 Å². The van der Waals surface area contributed by atoms with E-state index in [1.54, 1.807) is 0 Å². The fourth-order valence-electron chi connectivity index (χ4n) is 1.50. The first-order chi connectivity index (χ1) is 9.44. The molecular weight excluding hydrogens is 319 g/mol. The van der Waals surface area contributed by atoms with Crippen LogP contribution in [-0.4, -0.2) is 28.1 Å². The highest BCUT2D eigenvalue weighted by molar-refractivity contribution is 7.16. The van der Waals surface area contributed by atoms with Gasteiger partial charge in [-0.25, -0.2) is 0 Å². The lowest BCUT2D eigenvalue weighted by atomic mass is 10.4. The van der Waals surface area contributed by atoms with Crippen LogP contribution in [0.1, 0.15) is 18.7 Å². The maximum atomic E-state index is 5.92. The molecule has 8 heteroatoms. The highest BCUT2D eigenvalue weighted by Gasteiger charge is 2.12. The molecule has 0 bridgehead atoms. The van der Waals surface area contributed by atoms with Crippen molar-refractivity contribution in [2.45, 2.75) is 26.5 Å². The van der Waals surface area contributed by atoms with E-state index >= 15 is 0 Å². The Hall–Kier alpha value is -1.11. The monoisotopic (exact) mass is 332 g/mol. The molecule has 0 aromatic carbocycles. The molecule has 0 radical (unpaired) electrons. The SMILES string of the molecule is CC(C)Oc1nc(Cl)nc(N(C)Cc2ccc(Cl)s2)n1. The summed E-state index contributed by atoms with van der Waals surface area (Å²) in [5.74, 6) is 0.463. The van der Waals surface area contributed by atoms with Crippen LogP contribution >= 0.6 is 34.5 Å². The van der Waals surface area contributed by atoms with Crippen LogP contribution in [0.5, 0.6) is 6.01 Å². The van der Waals surface area contributed by atoms with Gasteiger partial charge in [0.1, 0.15) is 0 Å². The predicted octanol–water partition coefficient (Wildman–Crippen LogP) is 3.66. The van der Waals surface area contributed by atoms with Crippen LogP contribution < -0.4 is 9.64 Å². The average molecular weight is 333 g/mol. The number of aromatic nitrogens is 3. The summed E-state index contributed by atoms with van der Waals surface area (Å²) in [6.45, 7) is 4.43. The van der Waals surface area contributed by atoms with E-state index in [4.69, 9.17) is 27.9 Å². The quantitative estimate of drug-likeness (QED) is 0.836. The molecule has 0 saturated heterocycles. The number of hydrogen-bond acceptors (Lipinski definition) is 6. The minimum absolute atomic E-state index is 0.0253. The zero-order valence-corrected chi connectivity index (χ0v) is 13.6. The Kier molecular flexibility index (Phi) is 5.01. The van der Waals surface area contributed by atoms with Crippen molar-refractivity contribution in [3.63, 3.8) is 0 Å². The van der Waals surface area contributed by atoms with Crippen molar-refractivity contribution in [2.75, 3.05) is 11.9 Å². The van der Waals surface area contributed by atoms with Gasteiger partial charge in [-0.3, -0.25) is 0 Å². The number of hydrogen-bond donors (Lipinski definition) is 0. The van der Waals surface area contributed by atoms with Gasteiger partial charge in [-0.2, -0.15) is 15.0 Å². The molecule has 0 aliphatic heterocycles. The number of halogens is 2. The first kappa shape index (κ1) is 15.3. The van der Waals surface area contributed by atoms with Gasteiger partial charge in [0.05, 0.1) is 17.0 Å². The maximum absolute atomic E-state index is 5.92. The average Bonchev–Trinajstić information content (AvgIpc) is 2.73. The van der Waals surface area contributed by atoms with E-state index in [0.29, 0.717) is 12.5 Å². The summed E-state index contributed by atoms with van der Waals surface area (Å²) >= 11 is 13.3. The van der Waals surface area contributed by atoms with Crippen molar-refractivity contribution in [1.82, 2.24) is 15.0 Å². The Morgan fingerprint density at radius 2 is 2.00 bits per heavy atom. The third kappa shape index (κ3) is 4.19. The Bertz CT molecular complexity index is 591. The Balaban J connectivity index is 2.16. The Labute approximate surface area is 131 Å². The number of ether oxygens (including phenoxy) is 1. The number of thiophene rings is 1. The van der Waals surface area contributed by atoms with Gasteiger partial charge in [0.15, 0.2) is 0 Å². The third-order valence-corrected chi connectivity index (χ3v) is 3.67. The molecule has 0 aliphatic carbocycles. The summed E-state index contributed by atoms with van der Waals surface area (Å²) in [6, 6.07) is 4.06. The van der Waals surface area contributed by atoms with E-state index < -0.39 is 0 Å². The molecule has 0 N–H and O–H groups in total. The van der Waals surface area contributed by atoms with Crippen molar-refractivity contribution in [2.24, 2.45) is 0 Å². The summed E-state index contributed by atoms with van der Waals surface area (Å²) < 4.78 is 6.20. The van der Waals surface area contributed by atoms with E-state index in [0.717, 1.165) is 9.21 Å². The fraction of sp³-hybridized carbons (Fsp3) is 0.417. The molecule has 0 atom stereocenters. The summed E-state index contributed by atoms with van der Waals surface area (Å²) in [5.41, 5.74) is 0. The Morgan fingerprint density at radius 3 is 2.60 bits per heavy atom. The lowest BCUT2D eigenvalue weighted by molar-refractivity contribution is 0.221. The molecule has 0 fully saturated rings. The molecule has 2 rings (SSSR count). The van der Waals surface area contributed by atoms with Gasteiger partial charge in [0, 0.05) is 11.9 Å². The van der Waals surface area contributed by atoms with Crippen molar-refractivity contribution in [3.8, 4) is 6.01 Å². The zero-order valence-electron chi connectivity index (χ0n) is 11.3. The standard InChI is InChI=1S/C12H14Cl2N4OS/c1-7(2)19-12-16-10(14)15-11(17-12)18(3)6-8-4-5-9(13)20-8/h4-5,7H,6H2,1-3H3. The number of nitrogens with zero attached hydrogens (tertiary/aromatic N) is 4. The van der Waals surface area contributed by atoms with Gasteiger partial charge in [0.25, 0.3) is 0 Å². The second-order valence-corrected chi connectivity index (χ2v) is 6.55. The maximum Gasteiger partial charge on any atom is 0.322 e. The van der Waals surface area contributed by atoms with Crippen LogP contribution in [0.2, 0.25) is 9.62 Å². The molecule has 2 aromatic rings. The van der Waals surface area contributed by atoms with Crippen molar-refractivity contribution >= 4 is 40.5 Å². The normalized spacial score (nSPS) is 10.9.